The molecular formula is C18H40IN5O. The van der Waals surface area contributed by atoms with Crippen molar-refractivity contribution in [3.63, 3.8) is 0 Å². The molecular weight excluding hydrogens is 429 g/mol. The molecule has 0 radical (unpaired) electrons. The van der Waals surface area contributed by atoms with Crippen molar-refractivity contribution in [3.8, 4) is 0 Å². The molecule has 0 heterocycles. The summed E-state index contributed by atoms with van der Waals surface area (Å²) in [5, 5.41) is 6.75. The third-order valence-corrected chi connectivity index (χ3v) is 4.08. The van der Waals surface area contributed by atoms with Crippen LogP contribution in [0.4, 0.5) is 0 Å². The molecule has 1 atom stereocenters. The lowest BCUT2D eigenvalue weighted by atomic mass is 10.2. The van der Waals surface area contributed by atoms with Gasteiger partial charge in [-0.05, 0) is 45.8 Å². The predicted octanol–water partition coefficient (Wildman–Crippen LogP) is 2.54. The summed E-state index contributed by atoms with van der Waals surface area (Å²) in [4.78, 5) is 20.2. The number of hydrogen-bond donors (Lipinski definition) is 2. The fourth-order valence-corrected chi connectivity index (χ4v) is 2.29. The minimum atomic E-state index is 0. The van der Waals surface area contributed by atoms with Gasteiger partial charge in [-0.15, -0.1) is 24.0 Å². The molecule has 2 N–H and O–H groups in total. The Morgan fingerprint density at radius 2 is 1.76 bits per heavy atom. The lowest BCUT2D eigenvalue weighted by Crippen LogP contribution is -2.43. The lowest BCUT2D eigenvalue weighted by Gasteiger charge is -2.21. The molecule has 1 amide bonds. The van der Waals surface area contributed by atoms with E-state index in [9.17, 15) is 4.79 Å². The molecule has 25 heavy (non-hydrogen) atoms. The minimum absolute atomic E-state index is 0. The Morgan fingerprint density at radius 1 is 1.12 bits per heavy atom. The third-order valence-electron chi connectivity index (χ3n) is 4.08. The second-order valence-corrected chi connectivity index (χ2v) is 6.45. The van der Waals surface area contributed by atoms with E-state index in [1.807, 2.05) is 0 Å². The van der Waals surface area contributed by atoms with E-state index < -0.39 is 0 Å². The van der Waals surface area contributed by atoms with Gasteiger partial charge in [0.2, 0.25) is 5.91 Å². The van der Waals surface area contributed by atoms with Crippen LogP contribution in [-0.4, -0.2) is 74.5 Å². The normalized spacial score (nSPS) is 12.5. The van der Waals surface area contributed by atoms with Gasteiger partial charge in [-0.3, -0.25) is 4.79 Å². The van der Waals surface area contributed by atoms with E-state index in [1.165, 1.54) is 0 Å². The second kappa shape index (κ2) is 16.9. The van der Waals surface area contributed by atoms with Crippen LogP contribution >= 0.6 is 24.0 Å². The molecule has 0 saturated heterocycles. The molecule has 1 unspecified atom stereocenters. The highest BCUT2D eigenvalue weighted by molar-refractivity contribution is 14.0. The van der Waals surface area contributed by atoms with Gasteiger partial charge in [0.05, 0.1) is 0 Å². The van der Waals surface area contributed by atoms with Gasteiger partial charge in [0.25, 0.3) is 0 Å². The molecule has 0 bridgehead atoms. The first kappa shape index (κ1) is 26.7. The van der Waals surface area contributed by atoms with Crippen LogP contribution in [0.1, 0.15) is 53.4 Å². The van der Waals surface area contributed by atoms with E-state index in [-0.39, 0.29) is 36.4 Å². The number of unbranched alkanes of at least 4 members (excludes halogenated alkanes) is 1. The van der Waals surface area contributed by atoms with Crippen molar-refractivity contribution in [1.29, 1.82) is 0 Å². The van der Waals surface area contributed by atoms with Crippen molar-refractivity contribution in [2.24, 2.45) is 4.99 Å². The Bertz CT molecular complexity index is 359. The van der Waals surface area contributed by atoms with Gasteiger partial charge in [-0.2, -0.15) is 0 Å². The number of aliphatic imine (C=N–C) groups is 1. The van der Waals surface area contributed by atoms with Gasteiger partial charge < -0.3 is 20.4 Å². The van der Waals surface area contributed by atoms with Gasteiger partial charge in [0.15, 0.2) is 5.96 Å². The van der Waals surface area contributed by atoms with Gasteiger partial charge in [-0.1, -0.05) is 27.2 Å². The number of carbonyl (C=O) groups excluding carboxylic acids is 1. The summed E-state index contributed by atoms with van der Waals surface area (Å²) >= 11 is 0. The van der Waals surface area contributed by atoms with Crippen molar-refractivity contribution in [2.75, 3.05) is 46.8 Å². The lowest BCUT2D eigenvalue weighted by molar-refractivity contribution is -0.127. The largest absolute Gasteiger partial charge is 0.356 e. The summed E-state index contributed by atoms with van der Waals surface area (Å²) in [5.41, 5.74) is 0. The molecule has 0 aliphatic carbocycles. The zero-order valence-corrected chi connectivity index (χ0v) is 19.4. The van der Waals surface area contributed by atoms with E-state index in [2.05, 4.69) is 48.2 Å². The number of halogens is 1. The zero-order chi connectivity index (χ0) is 18.4. The molecule has 6 nitrogen and oxygen atoms in total. The molecule has 0 spiro atoms. The minimum Gasteiger partial charge on any atom is -0.356 e. The average Bonchev–Trinajstić information content (AvgIpc) is 2.56. The van der Waals surface area contributed by atoms with Gasteiger partial charge >= 0.3 is 0 Å². The standard InChI is InChI=1S/C18H39N5O.HI/c1-7-10-13-19-18(20-15-17(24)22(5)6)21-16(4)12-11-14-23(8-2)9-3;/h16H,7-15H2,1-6H3,(H2,19,20,21);1H. The van der Waals surface area contributed by atoms with Crippen LogP contribution in [0.15, 0.2) is 4.99 Å². The fourth-order valence-electron chi connectivity index (χ4n) is 2.29. The zero-order valence-electron chi connectivity index (χ0n) is 17.1. The Labute approximate surface area is 172 Å². The molecule has 0 fully saturated rings. The third kappa shape index (κ3) is 14.3. The van der Waals surface area contributed by atoms with Crippen LogP contribution in [0.2, 0.25) is 0 Å². The van der Waals surface area contributed by atoms with Crippen LogP contribution in [0, 0.1) is 0 Å². The average molecular weight is 469 g/mol. The molecule has 0 aliphatic rings. The highest BCUT2D eigenvalue weighted by atomic mass is 127. The van der Waals surface area contributed by atoms with E-state index >= 15 is 0 Å². The van der Waals surface area contributed by atoms with Crippen molar-refractivity contribution < 1.29 is 4.79 Å². The molecule has 0 aromatic rings. The summed E-state index contributed by atoms with van der Waals surface area (Å²) in [6.45, 7) is 13.2. The van der Waals surface area contributed by atoms with Crippen molar-refractivity contribution >= 4 is 35.8 Å². The Kier molecular flexibility index (Phi) is 18.0. The van der Waals surface area contributed by atoms with Crippen LogP contribution < -0.4 is 10.6 Å². The highest BCUT2D eigenvalue weighted by Gasteiger charge is 2.08. The van der Waals surface area contributed by atoms with Crippen LogP contribution in [0.5, 0.6) is 0 Å². The second-order valence-electron chi connectivity index (χ2n) is 6.45. The van der Waals surface area contributed by atoms with E-state index in [0.717, 1.165) is 57.8 Å². The number of nitrogens with one attached hydrogen (secondary N) is 2. The Morgan fingerprint density at radius 3 is 2.28 bits per heavy atom. The Balaban J connectivity index is 0. The smallest absolute Gasteiger partial charge is 0.243 e. The SMILES string of the molecule is CCCCNC(=NCC(=O)N(C)C)NC(C)CCCN(CC)CC.I. The first-order valence-corrected chi connectivity index (χ1v) is 9.41. The predicted molar refractivity (Wildman–Crippen MR) is 119 cm³/mol. The number of carbonyl (C=O) groups is 1. The van der Waals surface area contributed by atoms with Crippen molar-refractivity contribution in [2.45, 2.75) is 59.4 Å². The number of rotatable bonds is 12. The molecule has 0 saturated carbocycles. The number of likely N-dealkylation sites (N-methyl/N-ethyl adjacent to an activating group) is 1. The first-order valence-electron chi connectivity index (χ1n) is 9.41. The molecule has 150 valence electrons. The number of nitrogens with zero attached hydrogens (tertiary/aromatic N) is 3. The maximum Gasteiger partial charge on any atom is 0.243 e. The van der Waals surface area contributed by atoms with Crippen LogP contribution in [0.3, 0.4) is 0 Å². The summed E-state index contributed by atoms with van der Waals surface area (Å²) in [6.07, 6.45) is 4.48. The molecule has 0 aromatic heterocycles. The molecule has 0 aromatic carbocycles. The van der Waals surface area contributed by atoms with E-state index in [4.69, 9.17) is 0 Å². The quantitative estimate of drug-likeness (QED) is 0.200. The van der Waals surface area contributed by atoms with Crippen molar-refractivity contribution in [3.05, 3.63) is 0 Å². The maximum atomic E-state index is 11.7. The monoisotopic (exact) mass is 469 g/mol. The molecule has 7 heteroatoms. The van der Waals surface area contributed by atoms with Gasteiger partial charge in [-0.25, -0.2) is 4.99 Å². The fraction of sp³-hybridized carbons (Fsp3) is 0.889. The summed E-state index contributed by atoms with van der Waals surface area (Å²) in [7, 11) is 3.51. The van der Waals surface area contributed by atoms with Crippen LogP contribution in [-0.2, 0) is 4.79 Å². The number of hydrogen-bond acceptors (Lipinski definition) is 3. The van der Waals surface area contributed by atoms with Crippen molar-refractivity contribution in [1.82, 2.24) is 20.4 Å². The summed E-state index contributed by atoms with van der Waals surface area (Å²) < 4.78 is 0. The maximum absolute atomic E-state index is 11.7. The van der Waals surface area contributed by atoms with Crippen LogP contribution in [0.25, 0.3) is 0 Å². The summed E-state index contributed by atoms with van der Waals surface area (Å²) in [6, 6.07) is 0.336. The number of guanidine groups is 1. The first-order chi connectivity index (χ1) is 11.4. The summed E-state index contributed by atoms with van der Waals surface area (Å²) in [5.74, 6) is 0.759. The molecule has 0 rings (SSSR count). The number of amides is 1. The van der Waals surface area contributed by atoms with Gasteiger partial charge in [0.1, 0.15) is 6.54 Å². The Hall–Kier alpha value is -0.570. The highest BCUT2D eigenvalue weighted by Crippen LogP contribution is 2.00. The van der Waals surface area contributed by atoms with Gasteiger partial charge in [0, 0.05) is 26.7 Å². The van der Waals surface area contributed by atoms with E-state index in [1.54, 1.807) is 19.0 Å². The molecule has 0 aliphatic heterocycles. The van der Waals surface area contributed by atoms with E-state index in [0.29, 0.717) is 6.04 Å². The topological polar surface area (TPSA) is 60.0 Å².